The van der Waals surface area contributed by atoms with Gasteiger partial charge in [0.2, 0.25) is 0 Å². The molecule has 1 aromatic carbocycles. The largest absolute Gasteiger partial charge is 0.329 e. The number of hydrogen-bond donors (Lipinski definition) is 1. The van der Waals surface area contributed by atoms with Gasteiger partial charge in [0, 0.05) is 30.9 Å². The van der Waals surface area contributed by atoms with Crippen LogP contribution in [0.5, 0.6) is 0 Å². The predicted molar refractivity (Wildman–Crippen MR) is 102 cm³/mol. The van der Waals surface area contributed by atoms with Crippen molar-refractivity contribution in [3.05, 3.63) is 45.9 Å². The van der Waals surface area contributed by atoms with Gasteiger partial charge >= 0.3 is 6.03 Å². The number of carbonyl (C=O) groups excluding carboxylic acids is 1. The van der Waals surface area contributed by atoms with Gasteiger partial charge in [0.25, 0.3) is 0 Å². The average Bonchev–Trinajstić information content (AvgIpc) is 3.05. The minimum Gasteiger partial charge on any atom is -0.329 e. The molecule has 2 aromatic rings. The summed E-state index contributed by atoms with van der Waals surface area (Å²) >= 11 is 1.54. The summed E-state index contributed by atoms with van der Waals surface area (Å²) in [5.41, 5.74) is 2.12. The number of nitrogens with one attached hydrogen (secondary N) is 1. The second-order valence-corrected chi connectivity index (χ2v) is 9.41. The number of sulfone groups is 1. The van der Waals surface area contributed by atoms with E-state index in [0.717, 1.165) is 29.0 Å². The molecule has 3 rings (SSSR count). The number of amides is 2. The maximum absolute atomic E-state index is 12.7. The summed E-state index contributed by atoms with van der Waals surface area (Å²) in [5.74, 6) is 0. The zero-order valence-electron chi connectivity index (χ0n) is 14.9. The van der Waals surface area contributed by atoms with Crippen molar-refractivity contribution >= 4 is 27.2 Å². The van der Waals surface area contributed by atoms with E-state index in [4.69, 9.17) is 0 Å². The molecule has 0 fully saturated rings. The van der Waals surface area contributed by atoms with Gasteiger partial charge in [-0.25, -0.2) is 18.2 Å². The number of hydrogen-bond acceptors (Lipinski definition) is 5. The summed E-state index contributed by atoms with van der Waals surface area (Å²) in [4.78, 5) is 19.1. The third-order valence-electron chi connectivity index (χ3n) is 4.65. The molecule has 0 saturated heterocycles. The van der Waals surface area contributed by atoms with E-state index in [-0.39, 0.29) is 12.1 Å². The monoisotopic (exact) mass is 393 g/mol. The molecule has 1 aromatic heterocycles. The van der Waals surface area contributed by atoms with Crippen LogP contribution in [0, 0.1) is 0 Å². The maximum atomic E-state index is 12.7. The van der Waals surface area contributed by atoms with Gasteiger partial charge in [0.1, 0.15) is 5.01 Å². The van der Waals surface area contributed by atoms with E-state index in [9.17, 15) is 13.2 Å². The maximum Gasteiger partial charge on any atom is 0.317 e. The smallest absolute Gasteiger partial charge is 0.317 e. The van der Waals surface area contributed by atoms with Crippen LogP contribution < -0.4 is 5.32 Å². The first-order chi connectivity index (χ1) is 12.4. The van der Waals surface area contributed by atoms with Crippen molar-refractivity contribution < 1.29 is 13.2 Å². The molecule has 0 spiro atoms. The van der Waals surface area contributed by atoms with Crippen molar-refractivity contribution in [1.29, 1.82) is 0 Å². The number of carbonyl (C=O) groups is 1. The molecule has 1 N–H and O–H groups in total. The average molecular weight is 394 g/mol. The van der Waals surface area contributed by atoms with Crippen LogP contribution in [-0.4, -0.2) is 43.7 Å². The molecule has 26 heavy (non-hydrogen) atoms. The van der Waals surface area contributed by atoms with Crippen molar-refractivity contribution in [1.82, 2.24) is 15.2 Å². The second kappa shape index (κ2) is 7.75. The minimum atomic E-state index is -3.22. The van der Waals surface area contributed by atoms with Gasteiger partial charge in [-0.3, -0.25) is 0 Å². The highest BCUT2D eigenvalue weighted by Gasteiger charge is 2.22. The van der Waals surface area contributed by atoms with E-state index in [2.05, 4.69) is 10.3 Å². The van der Waals surface area contributed by atoms with Crippen LogP contribution in [0.15, 0.2) is 34.7 Å². The fourth-order valence-electron chi connectivity index (χ4n) is 3.12. The molecule has 6 nitrogen and oxygen atoms in total. The molecule has 8 heteroatoms. The van der Waals surface area contributed by atoms with Crippen LogP contribution in [0.1, 0.15) is 35.5 Å². The molecule has 140 valence electrons. The van der Waals surface area contributed by atoms with E-state index in [0.29, 0.717) is 24.4 Å². The zero-order valence-corrected chi connectivity index (χ0v) is 16.6. The van der Waals surface area contributed by atoms with E-state index in [1.54, 1.807) is 34.6 Å². The van der Waals surface area contributed by atoms with Crippen LogP contribution in [0.3, 0.4) is 0 Å². The number of thiazole rings is 1. The molecule has 1 atom stereocenters. The van der Waals surface area contributed by atoms with Crippen LogP contribution in [0.25, 0.3) is 0 Å². The Kier molecular flexibility index (Phi) is 5.62. The van der Waals surface area contributed by atoms with E-state index in [1.807, 2.05) is 18.4 Å². The van der Waals surface area contributed by atoms with E-state index >= 15 is 0 Å². The third-order valence-corrected chi connectivity index (χ3v) is 6.65. The molecule has 1 aliphatic heterocycles. The lowest BCUT2D eigenvalue weighted by Crippen LogP contribution is -2.42. The number of rotatable bonds is 4. The summed E-state index contributed by atoms with van der Waals surface area (Å²) < 4.78 is 23.5. The standard InChI is InChI=1S/C18H23N3O3S2/c1-3-16(17-19-8-11-25-17)20-18(22)21-9-6-13-4-5-15(26(2,23)24)12-14(13)7-10-21/h4-5,8,11-12,16H,3,6-7,9-10H2,1-2H3,(H,20,22)/t16-/m1/s1. The summed E-state index contributed by atoms with van der Waals surface area (Å²) in [6.45, 7) is 3.21. The summed E-state index contributed by atoms with van der Waals surface area (Å²) in [7, 11) is -3.22. The van der Waals surface area contributed by atoms with Gasteiger partial charge in [-0.15, -0.1) is 11.3 Å². The molecule has 2 heterocycles. The first kappa shape index (κ1) is 18.8. The quantitative estimate of drug-likeness (QED) is 0.866. The van der Waals surface area contributed by atoms with Crippen molar-refractivity contribution in [3.63, 3.8) is 0 Å². The zero-order chi connectivity index (χ0) is 18.7. The molecule has 2 amide bonds. The molecular weight excluding hydrogens is 370 g/mol. The molecule has 0 unspecified atom stereocenters. The van der Waals surface area contributed by atoms with Gasteiger partial charge in [0.15, 0.2) is 9.84 Å². The Hall–Kier alpha value is -1.93. The van der Waals surface area contributed by atoms with Crippen molar-refractivity contribution in [2.45, 2.75) is 37.1 Å². The van der Waals surface area contributed by atoms with Crippen LogP contribution in [0.2, 0.25) is 0 Å². The molecular formula is C18H23N3O3S2. The normalized spacial score (nSPS) is 15.8. The van der Waals surface area contributed by atoms with Crippen molar-refractivity contribution in [2.24, 2.45) is 0 Å². The highest BCUT2D eigenvalue weighted by Crippen LogP contribution is 2.22. The number of nitrogens with zero attached hydrogens (tertiary/aromatic N) is 2. The Labute approximate surface area is 158 Å². The molecule has 0 bridgehead atoms. The Morgan fingerprint density at radius 1 is 1.31 bits per heavy atom. The van der Waals surface area contributed by atoms with Gasteiger partial charge in [-0.2, -0.15) is 0 Å². The lowest BCUT2D eigenvalue weighted by Gasteiger charge is -2.24. The number of aromatic nitrogens is 1. The highest BCUT2D eigenvalue weighted by molar-refractivity contribution is 7.90. The fraction of sp³-hybridized carbons (Fsp3) is 0.444. The van der Waals surface area contributed by atoms with Gasteiger partial charge < -0.3 is 10.2 Å². The van der Waals surface area contributed by atoms with Gasteiger partial charge in [-0.05, 0) is 42.5 Å². The van der Waals surface area contributed by atoms with Gasteiger partial charge in [-0.1, -0.05) is 13.0 Å². The van der Waals surface area contributed by atoms with Crippen LogP contribution >= 0.6 is 11.3 Å². The van der Waals surface area contributed by atoms with E-state index in [1.165, 1.54) is 6.26 Å². The summed E-state index contributed by atoms with van der Waals surface area (Å²) in [6, 6.07) is 5.10. The molecule has 0 aliphatic carbocycles. The second-order valence-electron chi connectivity index (χ2n) is 6.47. The van der Waals surface area contributed by atoms with Crippen LogP contribution in [-0.2, 0) is 22.7 Å². The Morgan fingerprint density at radius 2 is 2.04 bits per heavy atom. The van der Waals surface area contributed by atoms with Crippen LogP contribution in [0.4, 0.5) is 4.79 Å². The topological polar surface area (TPSA) is 79.4 Å². The van der Waals surface area contributed by atoms with Gasteiger partial charge in [0.05, 0.1) is 10.9 Å². The lowest BCUT2D eigenvalue weighted by atomic mass is 10.0. The number of urea groups is 1. The SMILES string of the molecule is CC[C@@H](NC(=O)N1CCc2ccc(S(C)(=O)=O)cc2CC1)c1nccs1. The summed E-state index contributed by atoms with van der Waals surface area (Å²) in [5, 5.41) is 5.89. The third kappa shape index (κ3) is 4.24. The van der Waals surface area contributed by atoms with Crippen molar-refractivity contribution in [2.75, 3.05) is 19.3 Å². The Morgan fingerprint density at radius 3 is 2.65 bits per heavy atom. The summed E-state index contributed by atoms with van der Waals surface area (Å²) in [6.07, 6.45) is 5.12. The first-order valence-corrected chi connectivity index (χ1v) is 11.4. The lowest BCUT2D eigenvalue weighted by molar-refractivity contribution is 0.195. The number of benzene rings is 1. The predicted octanol–water partition coefficient (Wildman–Crippen LogP) is 2.81. The first-order valence-electron chi connectivity index (χ1n) is 8.65. The van der Waals surface area contributed by atoms with Crippen molar-refractivity contribution in [3.8, 4) is 0 Å². The fourth-order valence-corrected chi connectivity index (χ4v) is 4.56. The van der Waals surface area contributed by atoms with E-state index < -0.39 is 9.84 Å². The highest BCUT2D eigenvalue weighted by atomic mass is 32.2. The number of fused-ring (bicyclic) bond motifs is 1. The Bertz CT molecular complexity index is 879. The minimum absolute atomic E-state index is 0.0787. The Balaban J connectivity index is 1.69. The molecule has 0 radical (unpaired) electrons. The molecule has 1 aliphatic rings. The molecule has 0 saturated carbocycles.